The Bertz CT molecular complexity index is 765. The number of rotatable bonds is 2. The van der Waals surface area contributed by atoms with Gasteiger partial charge in [-0.2, -0.15) is 5.10 Å². The molecule has 1 aromatic heterocycles. The first kappa shape index (κ1) is 13.0. The van der Waals surface area contributed by atoms with E-state index in [1.807, 2.05) is 48.5 Å². The zero-order valence-electron chi connectivity index (χ0n) is 10.4. The smallest absolute Gasteiger partial charge is 0.117 e. The number of hydrogen-bond acceptors (Lipinski definition) is 2. The zero-order chi connectivity index (χ0) is 14.1. The van der Waals surface area contributed by atoms with Crippen LogP contribution in [0.15, 0.2) is 54.7 Å². The number of benzene rings is 2. The second-order valence-corrected chi connectivity index (χ2v) is 5.18. The quantitative estimate of drug-likeness (QED) is 0.761. The summed E-state index contributed by atoms with van der Waals surface area (Å²) in [5.41, 5.74) is 8.93. The number of anilines is 1. The first-order valence-corrected chi connectivity index (χ1v) is 6.77. The maximum Gasteiger partial charge on any atom is 0.117 e. The van der Waals surface area contributed by atoms with Gasteiger partial charge in [-0.15, -0.1) is 0 Å². The molecule has 0 saturated heterocycles. The SMILES string of the molecule is Nc1cn(-c2cccc(Cl)c2)nc1-c1ccccc1Cl. The molecular weight excluding hydrogens is 293 g/mol. The summed E-state index contributed by atoms with van der Waals surface area (Å²) in [5.74, 6) is 0. The average molecular weight is 304 g/mol. The van der Waals surface area contributed by atoms with E-state index in [1.54, 1.807) is 10.9 Å². The van der Waals surface area contributed by atoms with Crippen LogP contribution < -0.4 is 5.73 Å². The number of nitrogens with zero attached hydrogens (tertiary/aromatic N) is 2. The van der Waals surface area contributed by atoms with Gasteiger partial charge in [0, 0.05) is 10.6 Å². The Morgan fingerprint density at radius 1 is 1.00 bits per heavy atom. The van der Waals surface area contributed by atoms with E-state index >= 15 is 0 Å². The Labute approximate surface area is 126 Å². The summed E-state index contributed by atoms with van der Waals surface area (Å²) in [6.07, 6.45) is 1.75. The molecule has 0 unspecified atom stereocenters. The van der Waals surface area contributed by atoms with E-state index in [2.05, 4.69) is 5.10 Å². The molecule has 0 atom stereocenters. The molecule has 0 radical (unpaired) electrons. The Kier molecular flexibility index (Phi) is 3.38. The lowest BCUT2D eigenvalue weighted by Gasteiger charge is -2.02. The Hall–Kier alpha value is -1.97. The molecule has 100 valence electrons. The van der Waals surface area contributed by atoms with Gasteiger partial charge in [-0.25, -0.2) is 4.68 Å². The van der Waals surface area contributed by atoms with E-state index in [0.29, 0.717) is 21.4 Å². The molecule has 3 aromatic rings. The molecule has 0 aliphatic rings. The molecule has 2 N–H and O–H groups in total. The summed E-state index contributed by atoms with van der Waals surface area (Å²) in [5, 5.41) is 5.77. The molecule has 5 heteroatoms. The van der Waals surface area contributed by atoms with Gasteiger partial charge >= 0.3 is 0 Å². The summed E-state index contributed by atoms with van der Waals surface area (Å²) < 4.78 is 1.69. The number of nitrogens with two attached hydrogens (primary N) is 1. The molecule has 3 nitrogen and oxygen atoms in total. The first-order chi connectivity index (χ1) is 9.65. The maximum absolute atomic E-state index is 6.19. The van der Waals surface area contributed by atoms with Crippen LogP contribution in [0.25, 0.3) is 16.9 Å². The van der Waals surface area contributed by atoms with Crippen LogP contribution in [0.3, 0.4) is 0 Å². The number of nitrogen functional groups attached to an aromatic ring is 1. The highest BCUT2D eigenvalue weighted by Crippen LogP contribution is 2.31. The van der Waals surface area contributed by atoms with E-state index in [9.17, 15) is 0 Å². The van der Waals surface area contributed by atoms with Crippen molar-refractivity contribution in [2.24, 2.45) is 0 Å². The molecule has 3 rings (SSSR count). The molecular formula is C15H11Cl2N3. The summed E-state index contributed by atoms with van der Waals surface area (Å²) in [7, 11) is 0. The van der Waals surface area contributed by atoms with Crippen molar-refractivity contribution in [3.05, 3.63) is 64.8 Å². The lowest BCUT2D eigenvalue weighted by atomic mass is 10.1. The molecule has 0 aliphatic carbocycles. The average Bonchev–Trinajstić information content (AvgIpc) is 2.81. The minimum Gasteiger partial charge on any atom is -0.396 e. The van der Waals surface area contributed by atoms with Crippen molar-refractivity contribution in [2.45, 2.75) is 0 Å². The van der Waals surface area contributed by atoms with E-state index in [1.165, 1.54) is 0 Å². The highest BCUT2D eigenvalue weighted by Gasteiger charge is 2.12. The topological polar surface area (TPSA) is 43.8 Å². The van der Waals surface area contributed by atoms with Crippen molar-refractivity contribution < 1.29 is 0 Å². The maximum atomic E-state index is 6.19. The monoisotopic (exact) mass is 303 g/mol. The van der Waals surface area contributed by atoms with Gasteiger partial charge in [-0.1, -0.05) is 47.5 Å². The van der Waals surface area contributed by atoms with Crippen molar-refractivity contribution in [3.8, 4) is 16.9 Å². The van der Waals surface area contributed by atoms with E-state index < -0.39 is 0 Å². The fourth-order valence-electron chi connectivity index (χ4n) is 2.00. The molecule has 0 amide bonds. The van der Waals surface area contributed by atoms with Gasteiger partial charge in [0.1, 0.15) is 5.69 Å². The van der Waals surface area contributed by atoms with Crippen molar-refractivity contribution in [1.29, 1.82) is 0 Å². The fraction of sp³-hybridized carbons (Fsp3) is 0. The van der Waals surface area contributed by atoms with Gasteiger partial charge in [-0.05, 0) is 24.3 Å². The van der Waals surface area contributed by atoms with Crippen LogP contribution in [0.1, 0.15) is 0 Å². The molecule has 0 fully saturated rings. The lowest BCUT2D eigenvalue weighted by molar-refractivity contribution is 0.884. The Balaban J connectivity index is 2.10. The van der Waals surface area contributed by atoms with Crippen LogP contribution in [-0.2, 0) is 0 Å². The second kappa shape index (κ2) is 5.19. The van der Waals surface area contributed by atoms with Crippen molar-refractivity contribution in [2.75, 3.05) is 5.73 Å². The second-order valence-electron chi connectivity index (χ2n) is 4.34. The highest BCUT2D eigenvalue weighted by molar-refractivity contribution is 6.33. The third-order valence-electron chi connectivity index (χ3n) is 2.94. The van der Waals surface area contributed by atoms with Gasteiger partial charge in [0.25, 0.3) is 0 Å². The van der Waals surface area contributed by atoms with Crippen LogP contribution >= 0.6 is 23.2 Å². The third kappa shape index (κ3) is 2.38. The van der Waals surface area contributed by atoms with Gasteiger partial charge in [-0.3, -0.25) is 0 Å². The summed E-state index contributed by atoms with van der Waals surface area (Å²) >= 11 is 12.2. The summed E-state index contributed by atoms with van der Waals surface area (Å²) in [6.45, 7) is 0. The van der Waals surface area contributed by atoms with Crippen LogP contribution in [0, 0.1) is 0 Å². The van der Waals surface area contributed by atoms with Crippen LogP contribution in [0.5, 0.6) is 0 Å². The summed E-state index contributed by atoms with van der Waals surface area (Å²) in [6, 6.07) is 14.9. The number of hydrogen-bond donors (Lipinski definition) is 1. The summed E-state index contributed by atoms with van der Waals surface area (Å²) in [4.78, 5) is 0. The predicted octanol–water partition coefficient (Wildman–Crippen LogP) is 4.43. The number of halogens is 2. The van der Waals surface area contributed by atoms with E-state index in [0.717, 1.165) is 11.3 Å². The van der Waals surface area contributed by atoms with Crippen LogP contribution in [-0.4, -0.2) is 9.78 Å². The Morgan fingerprint density at radius 3 is 2.55 bits per heavy atom. The minimum absolute atomic E-state index is 0.568. The molecule has 0 saturated carbocycles. The third-order valence-corrected chi connectivity index (χ3v) is 3.51. The van der Waals surface area contributed by atoms with Gasteiger partial charge in [0.05, 0.1) is 22.6 Å². The largest absolute Gasteiger partial charge is 0.396 e. The van der Waals surface area contributed by atoms with Crippen molar-refractivity contribution in [1.82, 2.24) is 9.78 Å². The zero-order valence-corrected chi connectivity index (χ0v) is 11.9. The van der Waals surface area contributed by atoms with Crippen molar-refractivity contribution >= 4 is 28.9 Å². The van der Waals surface area contributed by atoms with Crippen molar-refractivity contribution in [3.63, 3.8) is 0 Å². The lowest BCUT2D eigenvalue weighted by Crippen LogP contribution is -1.94. The van der Waals surface area contributed by atoms with Crippen LogP contribution in [0.4, 0.5) is 5.69 Å². The van der Waals surface area contributed by atoms with E-state index in [4.69, 9.17) is 28.9 Å². The Morgan fingerprint density at radius 2 is 1.80 bits per heavy atom. The molecule has 2 aromatic carbocycles. The van der Waals surface area contributed by atoms with E-state index in [-0.39, 0.29) is 0 Å². The fourth-order valence-corrected chi connectivity index (χ4v) is 2.41. The first-order valence-electron chi connectivity index (χ1n) is 6.01. The van der Waals surface area contributed by atoms with Crippen LogP contribution in [0.2, 0.25) is 10.0 Å². The van der Waals surface area contributed by atoms with Gasteiger partial charge in [0.15, 0.2) is 0 Å². The van der Waals surface area contributed by atoms with Gasteiger partial charge < -0.3 is 5.73 Å². The highest BCUT2D eigenvalue weighted by atomic mass is 35.5. The molecule has 0 spiro atoms. The predicted molar refractivity (Wildman–Crippen MR) is 83.4 cm³/mol. The molecule has 0 bridgehead atoms. The molecule has 0 aliphatic heterocycles. The van der Waals surface area contributed by atoms with Gasteiger partial charge in [0.2, 0.25) is 0 Å². The normalized spacial score (nSPS) is 10.7. The molecule has 20 heavy (non-hydrogen) atoms. The minimum atomic E-state index is 0.568. The molecule has 1 heterocycles. The number of aromatic nitrogens is 2. The standard InChI is InChI=1S/C15H11Cl2N3/c16-10-4-3-5-11(8-10)20-9-14(18)15(19-20)12-6-1-2-7-13(12)17/h1-9H,18H2.